The molecule has 2 saturated carbocycles. The fraction of sp³-hybridized carbons (Fsp3) is 1.00. The molecule has 0 spiro atoms. The van der Waals surface area contributed by atoms with E-state index in [0.717, 1.165) is 30.9 Å². The van der Waals surface area contributed by atoms with Gasteiger partial charge in [0.2, 0.25) is 0 Å². The summed E-state index contributed by atoms with van der Waals surface area (Å²) in [4.78, 5) is 2.51. The van der Waals surface area contributed by atoms with E-state index in [-0.39, 0.29) is 17.2 Å². The number of hydrogen-bond acceptors (Lipinski definition) is 3. The summed E-state index contributed by atoms with van der Waals surface area (Å²) >= 11 is 0. The topological polar surface area (TPSA) is 32.7 Å². The van der Waals surface area contributed by atoms with Crippen molar-refractivity contribution in [2.75, 3.05) is 19.8 Å². The Morgan fingerprint density at radius 2 is 1.79 bits per heavy atom. The average Bonchev–Trinajstić information content (AvgIpc) is 3.10. The van der Waals surface area contributed by atoms with Crippen molar-refractivity contribution in [3.05, 3.63) is 0 Å². The van der Waals surface area contributed by atoms with Crippen molar-refractivity contribution in [3.63, 3.8) is 0 Å². The summed E-state index contributed by atoms with van der Waals surface area (Å²) in [5.41, 5.74) is 0.345. The zero-order valence-electron chi connectivity index (χ0n) is 16.4. The van der Waals surface area contributed by atoms with Gasteiger partial charge in [0.25, 0.3) is 0 Å². The van der Waals surface area contributed by atoms with Gasteiger partial charge in [-0.2, -0.15) is 0 Å². The SMILES string of the molecule is CC1(C)CCCC(C)(C)N1C[C@@H](O)COCC[C@@H]1C[C@H]2CC[C@H]1C2. The van der Waals surface area contributed by atoms with E-state index in [2.05, 4.69) is 32.6 Å². The maximum absolute atomic E-state index is 10.5. The smallest absolute Gasteiger partial charge is 0.0900 e. The number of ether oxygens (including phenoxy) is 1. The summed E-state index contributed by atoms with van der Waals surface area (Å²) in [5.74, 6) is 2.91. The number of piperidine rings is 1. The first-order valence-electron chi connectivity index (χ1n) is 10.3. The third kappa shape index (κ3) is 4.16. The predicted octanol–water partition coefficient (Wildman–Crippen LogP) is 4.23. The maximum Gasteiger partial charge on any atom is 0.0900 e. The molecule has 3 nitrogen and oxygen atoms in total. The lowest BCUT2D eigenvalue weighted by molar-refractivity contribution is -0.0706. The zero-order valence-corrected chi connectivity index (χ0v) is 16.4. The normalized spacial score (nSPS) is 36.1. The van der Waals surface area contributed by atoms with E-state index in [0.29, 0.717) is 6.61 Å². The third-order valence-electron chi connectivity index (χ3n) is 7.26. The molecule has 1 saturated heterocycles. The lowest BCUT2D eigenvalue weighted by Gasteiger charge is -2.53. The lowest BCUT2D eigenvalue weighted by atomic mass is 9.79. The van der Waals surface area contributed by atoms with Gasteiger partial charge in [0.15, 0.2) is 0 Å². The minimum Gasteiger partial charge on any atom is -0.389 e. The molecular weight excluding hydrogens is 298 g/mol. The summed E-state index contributed by atoms with van der Waals surface area (Å²) < 4.78 is 5.87. The number of fused-ring (bicyclic) bond motifs is 2. The number of rotatable bonds is 7. The second-order valence-corrected chi connectivity index (χ2v) is 10.0. The second-order valence-electron chi connectivity index (χ2n) is 10.0. The number of likely N-dealkylation sites (tertiary alicyclic amines) is 1. The molecule has 2 aliphatic carbocycles. The van der Waals surface area contributed by atoms with Gasteiger partial charge in [-0.25, -0.2) is 0 Å². The van der Waals surface area contributed by atoms with Crippen molar-refractivity contribution < 1.29 is 9.84 Å². The molecule has 24 heavy (non-hydrogen) atoms. The first kappa shape index (κ1) is 18.7. The van der Waals surface area contributed by atoms with Gasteiger partial charge in [-0.3, -0.25) is 4.90 Å². The molecule has 2 bridgehead atoms. The van der Waals surface area contributed by atoms with Crippen molar-refractivity contribution in [1.29, 1.82) is 0 Å². The molecule has 0 aromatic rings. The van der Waals surface area contributed by atoms with Crippen LogP contribution in [0.4, 0.5) is 0 Å². The number of nitrogens with zero attached hydrogens (tertiary/aromatic N) is 1. The summed E-state index contributed by atoms with van der Waals surface area (Å²) in [6.45, 7) is 11.3. The largest absolute Gasteiger partial charge is 0.389 e. The van der Waals surface area contributed by atoms with Crippen LogP contribution >= 0.6 is 0 Å². The molecule has 4 atom stereocenters. The quantitative estimate of drug-likeness (QED) is 0.706. The Hall–Kier alpha value is -0.120. The molecule has 0 amide bonds. The van der Waals surface area contributed by atoms with Gasteiger partial charge >= 0.3 is 0 Å². The van der Waals surface area contributed by atoms with Crippen LogP contribution in [0.5, 0.6) is 0 Å². The highest BCUT2D eigenvalue weighted by Gasteiger charge is 2.42. The summed E-state index contributed by atoms with van der Waals surface area (Å²) in [5, 5.41) is 10.5. The molecule has 1 N–H and O–H groups in total. The van der Waals surface area contributed by atoms with Crippen LogP contribution in [0, 0.1) is 17.8 Å². The highest BCUT2D eigenvalue weighted by atomic mass is 16.5. The lowest BCUT2D eigenvalue weighted by Crippen LogP contribution is -2.60. The number of aliphatic hydroxyl groups excluding tert-OH is 1. The predicted molar refractivity (Wildman–Crippen MR) is 99.1 cm³/mol. The standard InChI is InChI=1S/C21H39NO2/c1-20(2)9-5-10-21(3,4)22(20)14-19(23)15-24-11-8-18-13-16-6-7-17(18)12-16/h16-19,23H,5-15H2,1-4H3/t16-,17-,18+,19+/m0/s1. The Morgan fingerprint density at radius 1 is 1.08 bits per heavy atom. The molecule has 140 valence electrons. The molecule has 1 aliphatic heterocycles. The Labute approximate surface area is 149 Å². The van der Waals surface area contributed by atoms with Crippen LogP contribution in [0.1, 0.15) is 79.1 Å². The van der Waals surface area contributed by atoms with E-state index in [1.165, 1.54) is 51.4 Å². The van der Waals surface area contributed by atoms with Crippen molar-refractivity contribution in [2.45, 2.75) is 96.2 Å². The van der Waals surface area contributed by atoms with Crippen molar-refractivity contribution in [3.8, 4) is 0 Å². The van der Waals surface area contributed by atoms with Crippen LogP contribution in [0.15, 0.2) is 0 Å². The number of hydrogen-bond donors (Lipinski definition) is 1. The highest BCUT2D eigenvalue weighted by Crippen LogP contribution is 2.49. The first-order chi connectivity index (χ1) is 11.3. The van der Waals surface area contributed by atoms with Gasteiger partial charge in [0.1, 0.15) is 0 Å². The monoisotopic (exact) mass is 337 g/mol. The number of β-amino-alcohol motifs (C(OH)–C–C–N with tert-alkyl or cyclic N) is 1. The molecule has 1 heterocycles. The van der Waals surface area contributed by atoms with Crippen LogP contribution < -0.4 is 0 Å². The third-order valence-corrected chi connectivity index (χ3v) is 7.26. The van der Waals surface area contributed by atoms with Gasteiger partial charge < -0.3 is 9.84 Å². The summed E-state index contributed by atoms with van der Waals surface area (Å²) in [7, 11) is 0. The van der Waals surface area contributed by atoms with E-state index < -0.39 is 0 Å². The summed E-state index contributed by atoms with van der Waals surface area (Å²) in [6.07, 6.45) is 10.4. The average molecular weight is 338 g/mol. The molecule has 3 fully saturated rings. The van der Waals surface area contributed by atoms with Crippen LogP contribution in [-0.4, -0.2) is 46.9 Å². The molecule has 3 aliphatic rings. The van der Waals surface area contributed by atoms with E-state index in [1.807, 2.05) is 0 Å². The second kappa shape index (κ2) is 7.25. The fourth-order valence-corrected chi connectivity index (χ4v) is 5.98. The zero-order chi connectivity index (χ0) is 17.4. The van der Waals surface area contributed by atoms with Crippen LogP contribution in [0.2, 0.25) is 0 Å². The Bertz CT molecular complexity index is 404. The van der Waals surface area contributed by atoms with Crippen LogP contribution in [-0.2, 0) is 4.74 Å². The Kier molecular flexibility index (Phi) is 5.64. The molecule has 3 rings (SSSR count). The minimum atomic E-state index is -0.373. The van der Waals surface area contributed by atoms with E-state index in [1.54, 1.807) is 0 Å². The van der Waals surface area contributed by atoms with Gasteiger partial charge in [0.05, 0.1) is 12.7 Å². The van der Waals surface area contributed by atoms with Crippen molar-refractivity contribution in [2.24, 2.45) is 17.8 Å². The van der Waals surface area contributed by atoms with Crippen LogP contribution in [0.3, 0.4) is 0 Å². The molecular formula is C21H39NO2. The molecule has 3 heteroatoms. The molecule has 0 aromatic carbocycles. The fourth-order valence-electron chi connectivity index (χ4n) is 5.98. The minimum absolute atomic E-state index is 0.172. The number of aliphatic hydroxyl groups is 1. The van der Waals surface area contributed by atoms with Gasteiger partial charge in [0, 0.05) is 24.2 Å². The Morgan fingerprint density at radius 3 is 2.38 bits per heavy atom. The molecule has 0 unspecified atom stereocenters. The van der Waals surface area contributed by atoms with Crippen LogP contribution in [0.25, 0.3) is 0 Å². The van der Waals surface area contributed by atoms with Gasteiger partial charge in [-0.15, -0.1) is 0 Å². The van der Waals surface area contributed by atoms with Crippen molar-refractivity contribution in [1.82, 2.24) is 4.90 Å². The van der Waals surface area contributed by atoms with E-state index in [9.17, 15) is 5.11 Å². The maximum atomic E-state index is 10.5. The Balaban J connectivity index is 1.38. The van der Waals surface area contributed by atoms with Gasteiger partial charge in [-0.1, -0.05) is 6.42 Å². The summed E-state index contributed by atoms with van der Waals surface area (Å²) in [6, 6.07) is 0. The molecule has 0 radical (unpaired) electrons. The van der Waals surface area contributed by atoms with Gasteiger partial charge in [-0.05, 0) is 90.4 Å². The van der Waals surface area contributed by atoms with Crippen molar-refractivity contribution >= 4 is 0 Å². The highest BCUT2D eigenvalue weighted by molar-refractivity contribution is 4.97. The molecule has 0 aromatic heterocycles. The first-order valence-corrected chi connectivity index (χ1v) is 10.3. The van der Waals surface area contributed by atoms with E-state index >= 15 is 0 Å². The van der Waals surface area contributed by atoms with E-state index in [4.69, 9.17) is 4.74 Å².